The predicted octanol–water partition coefficient (Wildman–Crippen LogP) is -6.76. The van der Waals surface area contributed by atoms with E-state index in [4.69, 9.17) is 38.9 Å². The van der Waals surface area contributed by atoms with Gasteiger partial charge in [0.1, 0.15) is 0 Å². The fraction of sp³-hybridized carbons (Fsp3) is 0. The van der Waals surface area contributed by atoms with E-state index in [-0.39, 0.29) is 27.3 Å². The second kappa shape index (κ2) is 101. The van der Waals surface area contributed by atoms with E-state index in [0.717, 1.165) is 0 Å². The second-order valence-electron chi connectivity index (χ2n) is 0.385. The summed E-state index contributed by atoms with van der Waals surface area (Å²) in [5, 5.41) is 33.0. The van der Waals surface area contributed by atoms with Gasteiger partial charge in [-0.1, -0.05) is 0 Å². The Labute approximate surface area is 95.6 Å². The van der Waals surface area contributed by atoms with Crippen molar-refractivity contribution in [1.82, 2.24) is 0 Å². The molecule has 0 atom stereocenters. The van der Waals surface area contributed by atoms with Crippen LogP contribution in [-0.2, 0) is 46.1 Å². The van der Waals surface area contributed by atoms with E-state index in [0.29, 0.717) is 0 Å². The Hall–Kier alpha value is -0.418. The molecule has 0 amide bonds. The minimum Gasteiger partial charge on any atom is 0 e. The molecule has 0 saturated heterocycles. The zero-order valence-electron chi connectivity index (χ0n) is 6.28. The van der Waals surface area contributed by atoms with Crippen LogP contribution in [0.25, 0.3) is 0 Å². The summed E-state index contributed by atoms with van der Waals surface area (Å²) in [5.41, 5.74) is 0. The Morgan fingerprint density at radius 1 is 0.538 bits per heavy atom. The van der Waals surface area contributed by atoms with Crippen LogP contribution in [0.3, 0.4) is 0 Å². The Bertz CT molecular complexity index is 70.1. The molecule has 8 nitrogen and oxygen atoms in total. The minimum absolute atomic E-state index is 0. The maximum absolute atomic E-state index is 8.25. The maximum atomic E-state index is 8.25. The fourth-order valence-electron chi connectivity index (χ4n) is 0. The van der Waals surface area contributed by atoms with E-state index in [9.17, 15) is 0 Å². The summed E-state index contributed by atoms with van der Waals surface area (Å²) < 4.78 is 33.0. The molecule has 0 unspecified atom stereocenters. The molecular weight excluding hydrogens is 284 g/mol. The fourth-order valence-corrected chi connectivity index (χ4v) is 0. The van der Waals surface area contributed by atoms with Gasteiger partial charge in [-0.05, 0) is 0 Å². The largest absolute Gasteiger partial charge is 0 e. The molecule has 0 aromatic rings. The molecule has 13 heavy (non-hydrogen) atoms. The van der Waals surface area contributed by atoms with Gasteiger partial charge in [0.25, 0.3) is 0 Å². The van der Waals surface area contributed by atoms with Crippen LogP contribution in [0.2, 0.25) is 0 Å². The van der Waals surface area contributed by atoms with Crippen molar-refractivity contribution in [2.45, 2.75) is 0 Å². The quantitative estimate of drug-likeness (QED) is 0.396. The molecule has 0 N–H and O–H groups in total. The summed E-state index contributed by atoms with van der Waals surface area (Å²) in [7, 11) is -2.00. The number of hydrogen-bond donors (Lipinski definition) is 0. The van der Waals surface area contributed by atoms with E-state index < -0.39 is 29.4 Å². The molecule has 0 bridgehead atoms. The van der Waals surface area contributed by atoms with Crippen LogP contribution in [0.15, 0.2) is 0 Å². The molecule has 0 aliphatic carbocycles. The molecule has 0 aliphatic rings. The van der Waals surface area contributed by atoms with Gasteiger partial charge in [-0.25, -0.2) is 0 Å². The van der Waals surface area contributed by atoms with Crippen molar-refractivity contribution in [3.05, 3.63) is 0 Å². The third-order valence-electron chi connectivity index (χ3n) is 0. The van der Waals surface area contributed by atoms with Crippen molar-refractivity contribution in [2.75, 3.05) is 0 Å². The van der Waals surface area contributed by atoms with Gasteiger partial charge in [-0.3, -0.25) is 0 Å². The van der Waals surface area contributed by atoms with Crippen molar-refractivity contribution < 1.29 is 66.2 Å². The van der Waals surface area contributed by atoms with Crippen LogP contribution in [0.5, 0.6) is 0 Å². The first-order chi connectivity index (χ1) is 5.66. The Morgan fingerprint density at radius 2 is 0.538 bits per heavy atom. The molecule has 0 aromatic heterocycles. The molecule has 0 heterocycles. The van der Waals surface area contributed by atoms with Gasteiger partial charge >= 0.3 is 68.3 Å². The molecule has 0 saturated carbocycles. The predicted molar refractivity (Wildman–Crippen MR) is 25.8 cm³/mol. The Balaban J connectivity index is -0.0000000213. The standard InChI is InChI=1S/4BO2.Cd/c4*2-1-3;/q4*-1;. The van der Waals surface area contributed by atoms with Crippen LogP contribution in [0, 0.1) is 0 Å². The van der Waals surface area contributed by atoms with Crippen molar-refractivity contribution >= 4 is 29.4 Å². The van der Waals surface area contributed by atoms with E-state index in [2.05, 4.69) is 0 Å². The Morgan fingerprint density at radius 3 is 0.538 bits per heavy atom. The molecule has 0 aromatic carbocycles. The summed E-state index contributed by atoms with van der Waals surface area (Å²) in [6.07, 6.45) is 0. The first-order valence-corrected chi connectivity index (χ1v) is 1.89. The van der Waals surface area contributed by atoms with E-state index >= 15 is 0 Å². The zero-order valence-corrected chi connectivity index (χ0v) is 10.3. The summed E-state index contributed by atoms with van der Waals surface area (Å²) in [5.74, 6) is 0. The maximum Gasteiger partial charge on any atom is 0 e. The van der Waals surface area contributed by atoms with Crippen molar-refractivity contribution in [2.24, 2.45) is 0 Å². The third kappa shape index (κ3) is 6080. The molecular formula is B4CdO8-4. The van der Waals surface area contributed by atoms with Gasteiger partial charge in [0, 0.05) is 27.3 Å². The van der Waals surface area contributed by atoms with Gasteiger partial charge in [-0.2, -0.15) is 0 Å². The van der Waals surface area contributed by atoms with Crippen LogP contribution >= 0.6 is 0 Å². The summed E-state index contributed by atoms with van der Waals surface area (Å²) in [4.78, 5) is 0. The average Bonchev–Trinajstić information content (AvgIpc) is 1.92. The van der Waals surface area contributed by atoms with Gasteiger partial charge in [0.15, 0.2) is 0 Å². The molecule has 0 rings (SSSR count). The summed E-state index contributed by atoms with van der Waals surface area (Å²) >= 11 is 0. The SMILES string of the molecule is O=B[O-].O=B[O-].O=B[O-].O=B[O-].[Cd]. The molecule has 0 spiro atoms. The summed E-state index contributed by atoms with van der Waals surface area (Å²) in [6.45, 7) is 0. The van der Waals surface area contributed by atoms with E-state index in [1.165, 1.54) is 0 Å². The molecule has 66 valence electrons. The number of rotatable bonds is 0. The van der Waals surface area contributed by atoms with E-state index in [1.807, 2.05) is 0 Å². The molecule has 0 radical (unpaired) electrons. The van der Waals surface area contributed by atoms with Gasteiger partial charge in [-0.15, -0.1) is 0 Å². The second-order valence-corrected chi connectivity index (χ2v) is 0.385. The normalized spacial score (nSPS) is 2.46. The molecule has 0 fully saturated rings. The van der Waals surface area contributed by atoms with Crippen molar-refractivity contribution in [1.29, 1.82) is 0 Å². The van der Waals surface area contributed by atoms with Crippen LogP contribution < -0.4 is 20.1 Å². The molecule has 13 heteroatoms. The van der Waals surface area contributed by atoms with Gasteiger partial charge in [0.2, 0.25) is 0 Å². The van der Waals surface area contributed by atoms with Gasteiger partial charge in [0.05, 0.1) is 0 Å². The van der Waals surface area contributed by atoms with Crippen LogP contribution in [0.4, 0.5) is 0 Å². The van der Waals surface area contributed by atoms with Crippen molar-refractivity contribution in [3.8, 4) is 0 Å². The topological polar surface area (TPSA) is 161 Å². The smallest absolute Gasteiger partial charge is 0 e. The number of hydrogen-bond acceptors (Lipinski definition) is 8. The summed E-state index contributed by atoms with van der Waals surface area (Å²) in [6, 6.07) is 0. The first kappa shape index (κ1) is 29.4. The monoisotopic (exact) mass is 286 g/mol. The van der Waals surface area contributed by atoms with Crippen molar-refractivity contribution in [3.63, 3.8) is 0 Å². The molecule has 0 aliphatic heterocycles. The zero-order chi connectivity index (χ0) is 10.8. The third-order valence-corrected chi connectivity index (χ3v) is 0. The first-order valence-electron chi connectivity index (χ1n) is 1.89. The van der Waals surface area contributed by atoms with Gasteiger partial charge < -0.3 is 0 Å². The van der Waals surface area contributed by atoms with Crippen LogP contribution in [0.1, 0.15) is 0 Å². The van der Waals surface area contributed by atoms with E-state index in [1.54, 1.807) is 0 Å². The Kier molecular flexibility index (Phi) is 228. The average molecular weight is 284 g/mol. The minimum atomic E-state index is -0.500. The van der Waals surface area contributed by atoms with Crippen LogP contribution in [-0.4, -0.2) is 29.4 Å².